The van der Waals surface area contributed by atoms with Gasteiger partial charge in [0.05, 0.1) is 0 Å². The smallest absolute Gasteiger partial charge is 0.0447 e. The van der Waals surface area contributed by atoms with E-state index < -0.39 is 0 Å². The van der Waals surface area contributed by atoms with E-state index >= 15 is 0 Å². The summed E-state index contributed by atoms with van der Waals surface area (Å²) in [6, 6.07) is 0.644. The van der Waals surface area contributed by atoms with Gasteiger partial charge in [0.25, 0.3) is 0 Å². The summed E-state index contributed by atoms with van der Waals surface area (Å²) in [7, 11) is 0. The third-order valence-electron chi connectivity index (χ3n) is 1.77. The van der Waals surface area contributed by atoms with Crippen LogP contribution in [0.25, 0.3) is 0 Å². The molecule has 42 valence electrons. The Morgan fingerprint density at radius 3 is 3.00 bits per heavy atom. The van der Waals surface area contributed by atoms with Gasteiger partial charge < -0.3 is 5.32 Å². The van der Waals surface area contributed by atoms with Crippen LogP contribution in [0.5, 0.6) is 0 Å². The Morgan fingerprint density at radius 2 is 2.25 bits per heavy atom. The van der Waals surface area contributed by atoms with Crippen molar-refractivity contribution in [2.45, 2.75) is 12.5 Å². The first-order valence-corrected chi connectivity index (χ1v) is 3.06. The van der Waals surface area contributed by atoms with E-state index in [1.54, 1.807) is 0 Å². The van der Waals surface area contributed by atoms with Gasteiger partial charge in [-0.05, 0) is 18.5 Å². The molecule has 0 fully saturated rings. The number of rotatable bonds is 0. The van der Waals surface area contributed by atoms with Crippen molar-refractivity contribution < 1.29 is 0 Å². The summed E-state index contributed by atoms with van der Waals surface area (Å²) < 4.78 is 0. The highest BCUT2D eigenvalue weighted by Crippen LogP contribution is 2.21. The summed E-state index contributed by atoms with van der Waals surface area (Å²) in [4.78, 5) is 0. The highest BCUT2D eigenvalue weighted by Gasteiger charge is 2.17. The highest BCUT2D eigenvalue weighted by atomic mass is 14.9. The van der Waals surface area contributed by atoms with Gasteiger partial charge in [0, 0.05) is 6.04 Å². The van der Waals surface area contributed by atoms with Crippen LogP contribution in [-0.2, 0) is 0 Å². The van der Waals surface area contributed by atoms with E-state index in [4.69, 9.17) is 0 Å². The fourth-order valence-electron chi connectivity index (χ4n) is 1.30. The molecule has 1 heterocycles. The van der Waals surface area contributed by atoms with E-state index in [1.807, 2.05) is 0 Å². The van der Waals surface area contributed by atoms with Gasteiger partial charge in [-0.3, -0.25) is 0 Å². The molecule has 1 aliphatic carbocycles. The molecule has 2 unspecified atom stereocenters. The molecule has 1 nitrogen and oxygen atoms in total. The second-order valence-electron chi connectivity index (χ2n) is 2.42. The van der Waals surface area contributed by atoms with Crippen LogP contribution in [0.2, 0.25) is 0 Å². The zero-order chi connectivity index (χ0) is 5.40. The first-order valence-electron chi connectivity index (χ1n) is 3.06. The first kappa shape index (κ1) is 4.19. The van der Waals surface area contributed by atoms with E-state index in [1.165, 1.54) is 6.42 Å². The average Bonchev–Trinajstić information content (AvgIpc) is 2.12. The summed E-state index contributed by atoms with van der Waals surface area (Å²) in [5.41, 5.74) is 0. The first-order chi connectivity index (χ1) is 3.95. The molecule has 0 aromatic heterocycles. The highest BCUT2D eigenvalue weighted by molar-refractivity contribution is 5.16. The molecule has 2 rings (SSSR count). The maximum absolute atomic E-state index is 3.24. The molecule has 2 bridgehead atoms. The standard InChI is InChI=1S/C7H9N/c1-2-7-5-6(1)3-4-8-7/h1-4,6-8H,5H2. The van der Waals surface area contributed by atoms with Crippen molar-refractivity contribution in [3.05, 3.63) is 24.4 Å². The van der Waals surface area contributed by atoms with Crippen molar-refractivity contribution in [3.8, 4) is 0 Å². The molecule has 1 heteroatoms. The zero-order valence-corrected chi connectivity index (χ0v) is 4.67. The number of fused-ring (bicyclic) bond motifs is 2. The summed E-state index contributed by atoms with van der Waals surface area (Å²) >= 11 is 0. The van der Waals surface area contributed by atoms with E-state index in [9.17, 15) is 0 Å². The summed E-state index contributed by atoms with van der Waals surface area (Å²) in [6.07, 6.45) is 10.0. The minimum absolute atomic E-state index is 0.644. The van der Waals surface area contributed by atoms with Gasteiger partial charge in [-0.25, -0.2) is 0 Å². The summed E-state index contributed by atoms with van der Waals surface area (Å²) in [6.45, 7) is 0. The molecule has 8 heavy (non-hydrogen) atoms. The minimum Gasteiger partial charge on any atom is -0.385 e. The largest absolute Gasteiger partial charge is 0.385 e. The van der Waals surface area contributed by atoms with Crippen molar-refractivity contribution in [2.24, 2.45) is 5.92 Å². The molecule has 0 radical (unpaired) electrons. The molecule has 1 aliphatic heterocycles. The van der Waals surface area contributed by atoms with Crippen LogP contribution >= 0.6 is 0 Å². The number of hydrogen-bond donors (Lipinski definition) is 1. The summed E-state index contributed by atoms with van der Waals surface area (Å²) in [5, 5.41) is 3.24. The van der Waals surface area contributed by atoms with Crippen molar-refractivity contribution in [2.75, 3.05) is 0 Å². The van der Waals surface area contributed by atoms with Crippen molar-refractivity contribution in [1.82, 2.24) is 5.32 Å². The molecule has 0 amide bonds. The number of allylic oxidation sites excluding steroid dienone is 2. The van der Waals surface area contributed by atoms with Gasteiger partial charge in [-0.15, -0.1) is 0 Å². The maximum atomic E-state index is 3.24. The van der Waals surface area contributed by atoms with Gasteiger partial charge in [0.2, 0.25) is 0 Å². The van der Waals surface area contributed by atoms with Gasteiger partial charge in [0.1, 0.15) is 0 Å². The Kier molecular flexibility index (Phi) is 0.720. The topological polar surface area (TPSA) is 12.0 Å². The van der Waals surface area contributed by atoms with Crippen LogP contribution in [0, 0.1) is 5.92 Å². The predicted molar refractivity (Wildman–Crippen MR) is 33.3 cm³/mol. The zero-order valence-electron chi connectivity index (χ0n) is 4.67. The molecule has 0 saturated heterocycles. The second kappa shape index (κ2) is 1.38. The van der Waals surface area contributed by atoms with Gasteiger partial charge >= 0.3 is 0 Å². The van der Waals surface area contributed by atoms with Crippen LogP contribution in [-0.4, -0.2) is 6.04 Å². The second-order valence-corrected chi connectivity index (χ2v) is 2.42. The van der Waals surface area contributed by atoms with Crippen LogP contribution in [0.3, 0.4) is 0 Å². The van der Waals surface area contributed by atoms with E-state index in [2.05, 4.69) is 29.7 Å². The van der Waals surface area contributed by atoms with Gasteiger partial charge in [0.15, 0.2) is 0 Å². The SMILES string of the molecule is C1=CC2C=CC(C2)N1. The van der Waals surface area contributed by atoms with Crippen molar-refractivity contribution >= 4 is 0 Å². The third kappa shape index (κ3) is 0.474. The lowest BCUT2D eigenvalue weighted by Gasteiger charge is -2.14. The maximum Gasteiger partial charge on any atom is 0.0447 e. The Morgan fingerprint density at radius 1 is 1.25 bits per heavy atom. The number of nitrogens with one attached hydrogen (secondary N) is 1. The monoisotopic (exact) mass is 107 g/mol. The molecule has 0 spiro atoms. The lowest BCUT2D eigenvalue weighted by Crippen LogP contribution is -2.23. The fourth-order valence-corrected chi connectivity index (χ4v) is 1.30. The van der Waals surface area contributed by atoms with Gasteiger partial charge in [-0.1, -0.05) is 18.2 Å². The third-order valence-corrected chi connectivity index (χ3v) is 1.77. The predicted octanol–water partition coefficient (Wildman–Crippen LogP) is 1.05. The Bertz CT molecular complexity index is 144. The van der Waals surface area contributed by atoms with Crippen molar-refractivity contribution in [1.29, 1.82) is 0 Å². The van der Waals surface area contributed by atoms with Crippen molar-refractivity contribution in [3.63, 3.8) is 0 Å². The van der Waals surface area contributed by atoms with Crippen LogP contribution in [0.4, 0.5) is 0 Å². The van der Waals surface area contributed by atoms with Crippen LogP contribution < -0.4 is 5.32 Å². The Labute approximate surface area is 49.1 Å². The van der Waals surface area contributed by atoms with Crippen LogP contribution in [0.1, 0.15) is 6.42 Å². The van der Waals surface area contributed by atoms with E-state index in [0.29, 0.717) is 6.04 Å². The van der Waals surface area contributed by atoms with Gasteiger partial charge in [-0.2, -0.15) is 0 Å². The quantitative estimate of drug-likeness (QED) is 0.456. The molecule has 1 N–H and O–H groups in total. The van der Waals surface area contributed by atoms with Crippen LogP contribution in [0.15, 0.2) is 24.4 Å². The average molecular weight is 107 g/mol. The minimum atomic E-state index is 0.644. The molecule has 0 aromatic carbocycles. The van der Waals surface area contributed by atoms with E-state index in [0.717, 1.165) is 5.92 Å². The summed E-state index contributed by atoms with van der Waals surface area (Å²) in [5.74, 6) is 0.737. The fraction of sp³-hybridized carbons (Fsp3) is 0.429. The van der Waals surface area contributed by atoms with E-state index in [-0.39, 0.29) is 0 Å². The molecule has 0 aromatic rings. The molecular weight excluding hydrogens is 98.1 g/mol. The molecule has 0 saturated carbocycles. The lowest BCUT2D eigenvalue weighted by atomic mass is 10.1. The normalized spacial score (nSPS) is 40.0. The Balaban J connectivity index is 2.28. The lowest BCUT2D eigenvalue weighted by molar-refractivity contribution is 0.590. The molecule has 2 atom stereocenters. The molecular formula is C7H9N. The number of hydrogen-bond acceptors (Lipinski definition) is 1. The molecule has 2 aliphatic rings. The Hall–Kier alpha value is -0.720.